The number of rotatable bonds is 3. The van der Waals surface area contributed by atoms with E-state index >= 15 is 0 Å². The van der Waals surface area contributed by atoms with Crippen LogP contribution in [0.1, 0.15) is 23.7 Å². The summed E-state index contributed by atoms with van der Waals surface area (Å²) in [6, 6.07) is 3.09. The van der Waals surface area contributed by atoms with Crippen LogP contribution in [0.4, 0.5) is 0 Å². The number of aromatic hydroxyl groups is 1. The lowest BCUT2D eigenvalue weighted by atomic mass is 10.1. The van der Waals surface area contributed by atoms with Crippen molar-refractivity contribution in [3.8, 4) is 11.5 Å². The van der Waals surface area contributed by atoms with E-state index in [-0.39, 0.29) is 11.5 Å². The van der Waals surface area contributed by atoms with E-state index in [9.17, 15) is 9.90 Å². The Morgan fingerprint density at radius 1 is 1.57 bits per heavy atom. The number of methoxy groups -OCH3 is 1. The predicted octanol–water partition coefficient (Wildman–Crippen LogP) is 2.60. The molecule has 0 heterocycles. The minimum atomic E-state index is 0.0488. The van der Waals surface area contributed by atoms with E-state index in [2.05, 4.69) is 0 Å². The Labute approximate surface area is 96.2 Å². The molecule has 1 aromatic rings. The van der Waals surface area contributed by atoms with E-state index in [1.807, 2.05) is 22.6 Å². The fourth-order valence-electron chi connectivity index (χ4n) is 1.15. The molecule has 3 nitrogen and oxygen atoms in total. The van der Waals surface area contributed by atoms with Crippen molar-refractivity contribution in [3.05, 3.63) is 21.3 Å². The molecule has 0 unspecified atom stereocenters. The summed E-state index contributed by atoms with van der Waals surface area (Å²) in [7, 11) is 1.47. The first-order chi connectivity index (χ1) is 6.61. The number of ketones is 1. The smallest absolute Gasteiger partial charge is 0.174 e. The van der Waals surface area contributed by atoms with Crippen molar-refractivity contribution in [2.75, 3.05) is 7.11 Å². The number of carbonyl (C=O) groups is 1. The van der Waals surface area contributed by atoms with Gasteiger partial charge in [-0.25, -0.2) is 0 Å². The Bertz CT molecular complexity index is 361. The standard InChI is InChI=1S/C10H11IO3/c1-3-7(12)6-4-5-8(13)10(14-2)9(6)11/h4-5,13H,3H2,1-2H3. The van der Waals surface area contributed by atoms with Crippen LogP contribution in [0.3, 0.4) is 0 Å². The van der Waals surface area contributed by atoms with Crippen LogP contribution in [0.2, 0.25) is 0 Å². The minimum absolute atomic E-state index is 0.0488. The van der Waals surface area contributed by atoms with Gasteiger partial charge in [0.25, 0.3) is 0 Å². The van der Waals surface area contributed by atoms with Crippen LogP contribution in [0.15, 0.2) is 12.1 Å². The van der Waals surface area contributed by atoms with Crippen molar-refractivity contribution in [3.63, 3.8) is 0 Å². The first-order valence-corrected chi connectivity index (χ1v) is 5.28. The predicted molar refractivity (Wildman–Crippen MR) is 62.0 cm³/mol. The minimum Gasteiger partial charge on any atom is -0.504 e. The maximum atomic E-state index is 11.5. The van der Waals surface area contributed by atoms with Crippen LogP contribution >= 0.6 is 22.6 Å². The molecule has 4 heteroatoms. The largest absolute Gasteiger partial charge is 0.504 e. The number of carbonyl (C=O) groups excluding carboxylic acids is 1. The number of ether oxygens (including phenoxy) is 1. The van der Waals surface area contributed by atoms with Crippen LogP contribution in [0.25, 0.3) is 0 Å². The highest BCUT2D eigenvalue weighted by molar-refractivity contribution is 14.1. The highest BCUT2D eigenvalue weighted by atomic mass is 127. The lowest BCUT2D eigenvalue weighted by Crippen LogP contribution is -2.01. The SMILES string of the molecule is CCC(=O)c1ccc(O)c(OC)c1I. The van der Waals surface area contributed by atoms with Crippen LogP contribution < -0.4 is 4.74 Å². The van der Waals surface area contributed by atoms with Crippen molar-refractivity contribution in [1.82, 2.24) is 0 Å². The molecule has 0 spiro atoms. The zero-order chi connectivity index (χ0) is 10.7. The van der Waals surface area contributed by atoms with Crippen molar-refractivity contribution in [2.45, 2.75) is 13.3 Å². The summed E-state index contributed by atoms with van der Waals surface area (Å²) in [6.07, 6.45) is 0.448. The van der Waals surface area contributed by atoms with Crippen molar-refractivity contribution in [2.24, 2.45) is 0 Å². The second kappa shape index (κ2) is 4.63. The Morgan fingerprint density at radius 3 is 2.71 bits per heavy atom. The van der Waals surface area contributed by atoms with Crippen LogP contribution in [0.5, 0.6) is 11.5 Å². The summed E-state index contributed by atoms with van der Waals surface area (Å²) < 4.78 is 5.67. The van der Waals surface area contributed by atoms with Crippen LogP contribution in [-0.2, 0) is 0 Å². The Hall–Kier alpha value is -0.780. The first kappa shape index (κ1) is 11.3. The summed E-state index contributed by atoms with van der Waals surface area (Å²) in [6.45, 7) is 1.80. The summed E-state index contributed by atoms with van der Waals surface area (Å²) in [5, 5.41) is 9.43. The summed E-state index contributed by atoms with van der Waals surface area (Å²) in [5.74, 6) is 0.474. The Balaban J connectivity index is 3.28. The second-order valence-electron chi connectivity index (χ2n) is 2.76. The summed E-state index contributed by atoms with van der Waals surface area (Å²) >= 11 is 2.00. The van der Waals surface area contributed by atoms with Gasteiger partial charge < -0.3 is 9.84 Å². The Kier molecular flexibility index (Phi) is 3.74. The van der Waals surface area contributed by atoms with Gasteiger partial charge in [-0.2, -0.15) is 0 Å². The molecular weight excluding hydrogens is 295 g/mol. The quantitative estimate of drug-likeness (QED) is 0.690. The zero-order valence-corrected chi connectivity index (χ0v) is 10.2. The van der Waals surface area contributed by atoms with E-state index < -0.39 is 0 Å². The van der Waals surface area contributed by atoms with Gasteiger partial charge in [0.2, 0.25) is 0 Å². The van der Waals surface area contributed by atoms with Gasteiger partial charge in [0.1, 0.15) is 0 Å². The first-order valence-electron chi connectivity index (χ1n) is 4.20. The third-order valence-electron chi connectivity index (χ3n) is 1.90. The molecule has 1 rings (SSSR count). The van der Waals surface area contributed by atoms with E-state index in [0.717, 1.165) is 0 Å². The average molecular weight is 306 g/mol. The molecule has 1 aromatic carbocycles. The van der Waals surface area contributed by atoms with E-state index in [0.29, 0.717) is 21.3 Å². The number of benzene rings is 1. The van der Waals surface area contributed by atoms with Gasteiger partial charge in [-0.3, -0.25) is 4.79 Å². The number of phenols is 1. The van der Waals surface area contributed by atoms with Gasteiger partial charge >= 0.3 is 0 Å². The van der Waals surface area contributed by atoms with Gasteiger partial charge in [-0.05, 0) is 34.7 Å². The third-order valence-corrected chi connectivity index (χ3v) is 2.97. The maximum absolute atomic E-state index is 11.5. The molecule has 0 aliphatic heterocycles. The molecule has 0 aliphatic rings. The number of hydrogen-bond acceptors (Lipinski definition) is 3. The van der Waals surface area contributed by atoms with Crippen LogP contribution in [0, 0.1) is 3.57 Å². The maximum Gasteiger partial charge on any atom is 0.174 e. The molecule has 0 amide bonds. The normalized spacial score (nSPS) is 9.93. The molecule has 0 fully saturated rings. The second-order valence-corrected chi connectivity index (χ2v) is 3.83. The molecular formula is C10H11IO3. The van der Waals surface area contributed by atoms with Crippen molar-refractivity contribution in [1.29, 1.82) is 0 Å². The lowest BCUT2D eigenvalue weighted by molar-refractivity contribution is 0.0987. The fourth-order valence-corrected chi connectivity index (χ4v) is 2.12. The monoisotopic (exact) mass is 306 g/mol. The van der Waals surface area contributed by atoms with E-state index in [1.165, 1.54) is 13.2 Å². The molecule has 0 aromatic heterocycles. The lowest BCUT2D eigenvalue weighted by Gasteiger charge is -2.09. The molecule has 0 saturated carbocycles. The zero-order valence-electron chi connectivity index (χ0n) is 8.00. The highest BCUT2D eigenvalue weighted by Crippen LogP contribution is 2.33. The molecule has 0 radical (unpaired) electrons. The average Bonchev–Trinajstić information content (AvgIpc) is 2.18. The van der Waals surface area contributed by atoms with Gasteiger partial charge in [-0.1, -0.05) is 6.92 Å². The topological polar surface area (TPSA) is 46.5 Å². The van der Waals surface area contributed by atoms with Gasteiger partial charge in [-0.15, -0.1) is 0 Å². The van der Waals surface area contributed by atoms with Crippen LogP contribution in [-0.4, -0.2) is 18.0 Å². The number of phenolic OH excluding ortho intramolecular Hbond substituents is 1. The third kappa shape index (κ3) is 2.00. The molecule has 0 bridgehead atoms. The van der Waals surface area contributed by atoms with Crippen molar-refractivity contribution >= 4 is 28.4 Å². The molecule has 1 N–H and O–H groups in total. The summed E-state index contributed by atoms with van der Waals surface area (Å²) in [5.41, 5.74) is 0.600. The number of halogens is 1. The molecule has 0 atom stereocenters. The van der Waals surface area contributed by atoms with Gasteiger partial charge in [0.15, 0.2) is 17.3 Å². The number of hydrogen-bond donors (Lipinski definition) is 1. The van der Waals surface area contributed by atoms with Crippen molar-refractivity contribution < 1.29 is 14.6 Å². The Morgan fingerprint density at radius 2 is 2.21 bits per heavy atom. The van der Waals surface area contributed by atoms with Gasteiger partial charge in [0.05, 0.1) is 10.7 Å². The van der Waals surface area contributed by atoms with E-state index in [1.54, 1.807) is 13.0 Å². The highest BCUT2D eigenvalue weighted by Gasteiger charge is 2.15. The fraction of sp³-hybridized carbons (Fsp3) is 0.300. The molecule has 14 heavy (non-hydrogen) atoms. The molecule has 76 valence electrons. The van der Waals surface area contributed by atoms with Gasteiger partial charge in [0, 0.05) is 12.0 Å². The molecule has 0 saturated heterocycles. The van der Waals surface area contributed by atoms with E-state index in [4.69, 9.17) is 4.74 Å². The number of Topliss-reactive ketones (excluding diaryl/α,β-unsaturated/α-hetero) is 1. The molecule has 0 aliphatic carbocycles. The summed E-state index contributed by atoms with van der Waals surface area (Å²) in [4.78, 5) is 11.5.